The van der Waals surface area contributed by atoms with Crippen LogP contribution in [-0.2, 0) is 11.2 Å². The number of nitrogens with one attached hydrogen (secondary N) is 1. The van der Waals surface area contributed by atoms with E-state index in [0.717, 1.165) is 11.1 Å². The van der Waals surface area contributed by atoms with Gasteiger partial charge in [-0.1, -0.05) is 23.8 Å². The summed E-state index contributed by atoms with van der Waals surface area (Å²) >= 11 is 0. The molecule has 4 heteroatoms. The van der Waals surface area contributed by atoms with Gasteiger partial charge in [0.2, 0.25) is 5.91 Å². The molecule has 0 spiro atoms. The van der Waals surface area contributed by atoms with E-state index in [4.69, 9.17) is 5.26 Å². The fraction of sp³-hybridized carbons (Fsp3) is 0.188. The minimum absolute atomic E-state index is 0.291. The second-order valence-corrected chi connectivity index (χ2v) is 4.60. The molecule has 4 nitrogen and oxygen atoms in total. The van der Waals surface area contributed by atoms with Crippen LogP contribution in [0.25, 0.3) is 0 Å². The number of amides is 1. The molecule has 1 amide bonds. The normalized spacial score (nSPS) is 11.4. The summed E-state index contributed by atoms with van der Waals surface area (Å²) < 4.78 is 0. The quantitative estimate of drug-likeness (QED) is 0.924. The Bertz CT molecular complexity index is 614. The molecule has 0 saturated carbocycles. The van der Waals surface area contributed by atoms with Crippen molar-refractivity contribution in [3.05, 3.63) is 59.9 Å². The first-order valence-corrected chi connectivity index (χ1v) is 6.35. The highest BCUT2D eigenvalue weighted by Gasteiger charge is 2.18. The third kappa shape index (κ3) is 3.66. The third-order valence-corrected chi connectivity index (χ3v) is 2.95. The van der Waals surface area contributed by atoms with Crippen LogP contribution in [0.1, 0.15) is 11.1 Å². The number of carbonyl (C=O) groups is 1. The molecule has 1 aromatic heterocycles. The number of nitrogens with zero attached hydrogens (tertiary/aromatic N) is 2. The van der Waals surface area contributed by atoms with Gasteiger partial charge < -0.3 is 5.32 Å². The zero-order chi connectivity index (χ0) is 14.4. The molecule has 1 heterocycles. The maximum atomic E-state index is 12.1. The predicted molar refractivity (Wildman–Crippen MR) is 76.9 cm³/mol. The summed E-state index contributed by atoms with van der Waals surface area (Å²) in [5, 5.41) is 11.9. The largest absolute Gasteiger partial charge is 0.325 e. The molecule has 100 valence electrons. The average Bonchev–Trinajstić information content (AvgIpc) is 2.48. The lowest BCUT2D eigenvalue weighted by Gasteiger charge is -2.10. The lowest BCUT2D eigenvalue weighted by Crippen LogP contribution is -2.23. The zero-order valence-electron chi connectivity index (χ0n) is 11.2. The van der Waals surface area contributed by atoms with Crippen molar-refractivity contribution >= 4 is 11.6 Å². The zero-order valence-corrected chi connectivity index (χ0v) is 11.2. The van der Waals surface area contributed by atoms with Gasteiger partial charge in [0.15, 0.2) is 0 Å². The van der Waals surface area contributed by atoms with Gasteiger partial charge in [0.25, 0.3) is 0 Å². The number of aryl methyl sites for hydroxylation is 1. The Morgan fingerprint density at radius 1 is 1.35 bits per heavy atom. The standard InChI is InChI=1S/C16H15N3O/c1-12-4-6-15(7-5-12)19-16(20)14(10-17)9-13-3-2-8-18-11-13/h2-8,11,14H,9H2,1H3,(H,19,20). The van der Waals surface area contributed by atoms with Crippen LogP contribution in [0.15, 0.2) is 48.8 Å². The van der Waals surface area contributed by atoms with Gasteiger partial charge in [-0.2, -0.15) is 5.26 Å². The van der Waals surface area contributed by atoms with Crippen LogP contribution >= 0.6 is 0 Å². The number of benzene rings is 1. The molecule has 1 aromatic carbocycles. The Morgan fingerprint density at radius 2 is 2.10 bits per heavy atom. The van der Waals surface area contributed by atoms with E-state index < -0.39 is 5.92 Å². The van der Waals surface area contributed by atoms with Crippen molar-refractivity contribution in [3.8, 4) is 6.07 Å². The molecule has 2 rings (SSSR count). The number of rotatable bonds is 4. The van der Waals surface area contributed by atoms with Gasteiger partial charge in [-0.15, -0.1) is 0 Å². The molecule has 20 heavy (non-hydrogen) atoms. The molecular formula is C16H15N3O. The van der Waals surface area contributed by atoms with Crippen LogP contribution in [0.2, 0.25) is 0 Å². The molecule has 0 aliphatic rings. The second kappa shape index (κ2) is 6.48. The highest BCUT2D eigenvalue weighted by Crippen LogP contribution is 2.13. The Labute approximate surface area is 118 Å². The summed E-state index contributed by atoms with van der Waals surface area (Å²) in [4.78, 5) is 16.1. The van der Waals surface area contributed by atoms with Crippen LogP contribution < -0.4 is 5.32 Å². The van der Waals surface area contributed by atoms with E-state index in [9.17, 15) is 4.79 Å². The number of pyridine rings is 1. The van der Waals surface area contributed by atoms with Crippen molar-refractivity contribution < 1.29 is 4.79 Å². The van der Waals surface area contributed by atoms with E-state index in [1.165, 1.54) is 0 Å². The van der Waals surface area contributed by atoms with Crippen molar-refractivity contribution in [3.63, 3.8) is 0 Å². The van der Waals surface area contributed by atoms with E-state index in [1.807, 2.05) is 43.3 Å². The maximum absolute atomic E-state index is 12.1. The topological polar surface area (TPSA) is 65.8 Å². The van der Waals surface area contributed by atoms with Gasteiger partial charge in [0.05, 0.1) is 6.07 Å². The summed E-state index contributed by atoms with van der Waals surface area (Å²) in [5.41, 5.74) is 2.69. The second-order valence-electron chi connectivity index (χ2n) is 4.60. The van der Waals surface area contributed by atoms with Crippen molar-refractivity contribution in [2.75, 3.05) is 5.32 Å². The van der Waals surface area contributed by atoms with E-state index in [0.29, 0.717) is 12.1 Å². The number of carbonyl (C=O) groups excluding carboxylic acids is 1. The average molecular weight is 265 g/mol. The van der Waals surface area contributed by atoms with Crippen molar-refractivity contribution in [1.82, 2.24) is 4.98 Å². The number of nitriles is 1. The fourth-order valence-corrected chi connectivity index (χ4v) is 1.82. The number of hydrogen-bond donors (Lipinski definition) is 1. The van der Waals surface area contributed by atoms with Crippen molar-refractivity contribution in [1.29, 1.82) is 5.26 Å². The third-order valence-electron chi connectivity index (χ3n) is 2.95. The summed E-state index contributed by atoms with van der Waals surface area (Å²) in [6, 6.07) is 13.2. The summed E-state index contributed by atoms with van der Waals surface area (Å²) in [7, 11) is 0. The molecule has 0 bridgehead atoms. The van der Waals surface area contributed by atoms with Crippen LogP contribution in [0.4, 0.5) is 5.69 Å². The Hall–Kier alpha value is -2.67. The van der Waals surface area contributed by atoms with Gasteiger partial charge in [0.1, 0.15) is 5.92 Å². The first-order valence-electron chi connectivity index (χ1n) is 6.35. The number of aromatic nitrogens is 1. The van der Waals surface area contributed by atoms with E-state index in [-0.39, 0.29) is 5.91 Å². The van der Waals surface area contributed by atoms with Gasteiger partial charge in [-0.25, -0.2) is 0 Å². The molecule has 0 saturated heterocycles. The molecule has 1 N–H and O–H groups in total. The summed E-state index contributed by atoms with van der Waals surface area (Å²) in [6.45, 7) is 1.98. The van der Waals surface area contributed by atoms with Crippen LogP contribution in [0, 0.1) is 24.2 Å². The van der Waals surface area contributed by atoms with Crippen molar-refractivity contribution in [2.45, 2.75) is 13.3 Å². The predicted octanol–water partition coefficient (Wildman–Crippen LogP) is 2.71. The van der Waals surface area contributed by atoms with E-state index in [2.05, 4.69) is 10.3 Å². The lowest BCUT2D eigenvalue weighted by molar-refractivity contribution is -0.118. The highest BCUT2D eigenvalue weighted by atomic mass is 16.1. The summed E-state index contributed by atoms with van der Waals surface area (Å²) in [5.74, 6) is -1.01. The van der Waals surface area contributed by atoms with Crippen LogP contribution in [-0.4, -0.2) is 10.9 Å². The van der Waals surface area contributed by atoms with Crippen LogP contribution in [0.5, 0.6) is 0 Å². The Kier molecular flexibility index (Phi) is 4.46. The Morgan fingerprint density at radius 3 is 2.70 bits per heavy atom. The SMILES string of the molecule is Cc1ccc(NC(=O)C(C#N)Cc2cccnc2)cc1. The highest BCUT2D eigenvalue weighted by molar-refractivity contribution is 5.94. The van der Waals surface area contributed by atoms with E-state index in [1.54, 1.807) is 18.5 Å². The summed E-state index contributed by atoms with van der Waals surface area (Å²) in [6.07, 6.45) is 3.70. The maximum Gasteiger partial charge on any atom is 0.242 e. The van der Waals surface area contributed by atoms with Gasteiger partial charge >= 0.3 is 0 Å². The van der Waals surface area contributed by atoms with E-state index >= 15 is 0 Å². The fourth-order valence-electron chi connectivity index (χ4n) is 1.82. The lowest BCUT2D eigenvalue weighted by atomic mass is 10.0. The molecule has 1 atom stereocenters. The monoisotopic (exact) mass is 265 g/mol. The van der Waals surface area contributed by atoms with Gasteiger partial charge in [-0.3, -0.25) is 9.78 Å². The molecule has 1 unspecified atom stereocenters. The Balaban J connectivity index is 2.03. The minimum Gasteiger partial charge on any atom is -0.325 e. The molecule has 2 aromatic rings. The van der Waals surface area contributed by atoms with Gasteiger partial charge in [-0.05, 0) is 37.1 Å². The molecule has 0 fully saturated rings. The molecule has 0 aliphatic carbocycles. The molecular weight excluding hydrogens is 250 g/mol. The van der Waals surface area contributed by atoms with Crippen molar-refractivity contribution in [2.24, 2.45) is 5.92 Å². The minimum atomic E-state index is -0.722. The first-order chi connectivity index (χ1) is 9.69. The number of hydrogen-bond acceptors (Lipinski definition) is 3. The first kappa shape index (κ1) is 13.8. The number of anilines is 1. The van der Waals surface area contributed by atoms with Gasteiger partial charge in [0, 0.05) is 18.1 Å². The molecule has 0 radical (unpaired) electrons. The smallest absolute Gasteiger partial charge is 0.242 e. The van der Waals surface area contributed by atoms with Crippen LogP contribution in [0.3, 0.4) is 0 Å². The molecule has 0 aliphatic heterocycles.